The van der Waals surface area contributed by atoms with Gasteiger partial charge in [-0.05, 0) is 37.3 Å². The standard InChI is InChI=1S/C22H25ClN4O5/c1-3-21(28)26-11-9-25(10-12-26)18-7-6-16(23)14-17(18)24-22(29)15-5-8-20(32-4-2)19(13-15)27(30)31/h5-8,13-14H,3-4,9-12H2,1-2H3,(H,24,29). The van der Waals surface area contributed by atoms with E-state index in [-0.39, 0.29) is 29.5 Å². The number of nitrogens with one attached hydrogen (secondary N) is 1. The average Bonchev–Trinajstić information content (AvgIpc) is 2.79. The number of nitro groups is 1. The number of nitro benzene ring substituents is 1. The summed E-state index contributed by atoms with van der Waals surface area (Å²) in [7, 11) is 0. The van der Waals surface area contributed by atoms with Crippen molar-refractivity contribution in [1.82, 2.24) is 4.90 Å². The fraction of sp³-hybridized carbons (Fsp3) is 0.364. The molecular formula is C22H25ClN4O5. The summed E-state index contributed by atoms with van der Waals surface area (Å²) >= 11 is 6.16. The maximum absolute atomic E-state index is 12.9. The molecule has 1 fully saturated rings. The fourth-order valence-electron chi connectivity index (χ4n) is 3.58. The fourth-order valence-corrected chi connectivity index (χ4v) is 3.75. The van der Waals surface area contributed by atoms with E-state index in [0.29, 0.717) is 43.3 Å². The third-order valence-electron chi connectivity index (χ3n) is 5.20. The van der Waals surface area contributed by atoms with Crippen LogP contribution in [0.25, 0.3) is 0 Å². The number of piperazine rings is 1. The molecule has 2 aromatic carbocycles. The Bertz CT molecular complexity index is 1020. The second kappa shape index (κ2) is 10.3. The zero-order valence-corrected chi connectivity index (χ0v) is 18.7. The highest BCUT2D eigenvalue weighted by molar-refractivity contribution is 6.31. The Morgan fingerprint density at radius 1 is 1.12 bits per heavy atom. The number of benzene rings is 2. The van der Waals surface area contributed by atoms with Gasteiger partial charge in [-0.2, -0.15) is 0 Å². The largest absolute Gasteiger partial charge is 0.487 e. The molecule has 0 atom stereocenters. The van der Waals surface area contributed by atoms with Crippen LogP contribution in [-0.2, 0) is 4.79 Å². The predicted octanol–water partition coefficient (Wildman–Crippen LogP) is 3.96. The number of hydrogen-bond acceptors (Lipinski definition) is 6. The third kappa shape index (κ3) is 5.28. The van der Waals surface area contributed by atoms with Crippen molar-refractivity contribution in [2.45, 2.75) is 20.3 Å². The monoisotopic (exact) mass is 460 g/mol. The predicted molar refractivity (Wildman–Crippen MR) is 123 cm³/mol. The van der Waals surface area contributed by atoms with Crippen LogP contribution in [0.15, 0.2) is 36.4 Å². The molecule has 2 aromatic rings. The lowest BCUT2D eigenvalue weighted by atomic mass is 10.1. The molecule has 0 unspecified atom stereocenters. The van der Waals surface area contributed by atoms with Gasteiger partial charge in [-0.25, -0.2) is 0 Å². The smallest absolute Gasteiger partial charge is 0.311 e. The van der Waals surface area contributed by atoms with Crippen LogP contribution in [0.2, 0.25) is 5.02 Å². The molecule has 32 heavy (non-hydrogen) atoms. The lowest BCUT2D eigenvalue weighted by Gasteiger charge is -2.37. The zero-order valence-electron chi connectivity index (χ0n) is 18.0. The van der Waals surface area contributed by atoms with Crippen LogP contribution in [0.4, 0.5) is 17.1 Å². The van der Waals surface area contributed by atoms with Gasteiger partial charge in [0.05, 0.1) is 22.9 Å². The van der Waals surface area contributed by atoms with Gasteiger partial charge in [0, 0.05) is 49.3 Å². The zero-order chi connectivity index (χ0) is 23.3. The number of nitrogens with zero attached hydrogens (tertiary/aromatic N) is 3. The first-order valence-electron chi connectivity index (χ1n) is 10.4. The number of anilines is 2. The Hall–Kier alpha value is -3.33. The van der Waals surface area contributed by atoms with Gasteiger partial charge in [0.15, 0.2) is 5.75 Å². The Balaban J connectivity index is 1.81. The highest BCUT2D eigenvalue weighted by atomic mass is 35.5. The summed E-state index contributed by atoms with van der Waals surface area (Å²) < 4.78 is 5.27. The highest BCUT2D eigenvalue weighted by Crippen LogP contribution is 2.32. The number of halogens is 1. The molecular weight excluding hydrogens is 436 g/mol. The molecule has 170 valence electrons. The third-order valence-corrected chi connectivity index (χ3v) is 5.44. The maximum Gasteiger partial charge on any atom is 0.311 e. The van der Waals surface area contributed by atoms with Crippen molar-refractivity contribution in [3.05, 3.63) is 57.1 Å². The summed E-state index contributed by atoms with van der Waals surface area (Å²) in [6, 6.07) is 9.28. The average molecular weight is 461 g/mol. The van der Waals surface area contributed by atoms with Crippen molar-refractivity contribution in [3.63, 3.8) is 0 Å². The molecule has 1 N–H and O–H groups in total. The van der Waals surface area contributed by atoms with Crippen LogP contribution in [0, 0.1) is 10.1 Å². The molecule has 2 amide bonds. The first-order valence-corrected chi connectivity index (χ1v) is 10.8. The van der Waals surface area contributed by atoms with Crippen molar-refractivity contribution >= 4 is 40.5 Å². The Morgan fingerprint density at radius 2 is 1.84 bits per heavy atom. The van der Waals surface area contributed by atoms with E-state index in [1.165, 1.54) is 18.2 Å². The van der Waals surface area contributed by atoms with Crippen molar-refractivity contribution in [3.8, 4) is 5.75 Å². The first-order chi connectivity index (χ1) is 15.3. The number of ether oxygens (including phenoxy) is 1. The Kier molecular flexibility index (Phi) is 7.53. The summed E-state index contributed by atoms with van der Waals surface area (Å²) in [6.45, 7) is 6.25. The number of hydrogen-bond donors (Lipinski definition) is 1. The maximum atomic E-state index is 12.9. The topological polar surface area (TPSA) is 105 Å². The molecule has 0 spiro atoms. The lowest BCUT2D eigenvalue weighted by Crippen LogP contribution is -2.48. The number of amides is 2. The van der Waals surface area contributed by atoms with Crippen LogP contribution in [0.1, 0.15) is 30.6 Å². The van der Waals surface area contributed by atoms with Crippen molar-refractivity contribution in [2.24, 2.45) is 0 Å². The molecule has 0 radical (unpaired) electrons. The molecule has 1 aliphatic heterocycles. The van der Waals surface area contributed by atoms with E-state index in [9.17, 15) is 19.7 Å². The van der Waals surface area contributed by atoms with E-state index in [1.54, 1.807) is 19.1 Å². The van der Waals surface area contributed by atoms with Crippen LogP contribution < -0.4 is 15.0 Å². The Morgan fingerprint density at radius 3 is 2.47 bits per heavy atom. The van der Waals surface area contributed by atoms with E-state index < -0.39 is 10.8 Å². The van der Waals surface area contributed by atoms with Gasteiger partial charge in [-0.3, -0.25) is 19.7 Å². The van der Waals surface area contributed by atoms with Crippen LogP contribution in [0.3, 0.4) is 0 Å². The summed E-state index contributed by atoms with van der Waals surface area (Å²) in [4.78, 5) is 39.5. The van der Waals surface area contributed by atoms with Gasteiger partial charge >= 0.3 is 5.69 Å². The van der Waals surface area contributed by atoms with Crippen LogP contribution in [-0.4, -0.2) is 54.4 Å². The molecule has 10 heteroatoms. The minimum Gasteiger partial charge on any atom is -0.487 e. The number of carbonyl (C=O) groups is 2. The van der Waals surface area contributed by atoms with Crippen molar-refractivity contribution < 1.29 is 19.2 Å². The Labute approximate surface area is 191 Å². The lowest BCUT2D eigenvalue weighted by molar-refractivity contribution is -0.385. The van der Waals surface area contributed by atoms with E-state index >= 15 is 0 Å². The second-order valence-electron chi connectivity index (χ2n) is 7.21. The van der Waals surface area contributed by atoms with Gasteiger partial charge in [0.2, 0.25) is 5.91 Å². The highest BCUT2D eigenvalue weighted by Gasteiger charge is 2.23. The molecule has 0 bridgehead atoms. The molecule has 1 saturated heterocycles. The molecule has 0 aromatic heterocycles. The van der Waals surface area contributed by atoms with Gasteiger partial charge in [-0.1, -0.05) is 18.5 Å². The van der Waals surface area contributed by atoms with E-state index in [1.807, 2.05) is 17.9 Å². The summed E-state index contributed by atoms with van der Waals surface area (Å²) in [5.41, 5.74) is 1.12. The van der Waals surface area contributed by atoms with E-state index in [4.69, 9.17) is 16.3 Å². The normalized spacial score (nSPS) is 13.6. The van der Waals surface area contributed by atoms with Crippen molar-refractivity contribution in [1.29, 1.82) is 0 Å². The SMILES string of the molecule is CCOc1ccc(C(=O)Nc2cc(Cl)ccc2N2CCN(C(=O)CC)CC2)cc1[N+](=O)[O-]. The second-order valence-corrected chi connectivity index (χ2v) is 7.65. The van der Waals surface area contributed by atoms with E-state index in [2.05, 4.69) is 10.2 Å². The molecule has 9 nitrogen and oxygen atoms in total. The van der Waals surface area contributed by atoms with Crippen LogP contribution >= 0.6 is 11.6 Å². The van der Waals surface area contributed by atoms with Gasteiger partial charge in [-0.15, -0.1) is 0 Å². The summed E-state index contributed by atoms with van der Waals surface area (Å²) in [5.74, 6) is -0.275. The van der Waals surface area contributed by atoms with Crippen LogP contribution in [0.5, 0.6) is 5.75 Å². The molecule has 1 aliphatic rings. The van der Waals surface area contributed by atoms with Gasteiger partial charge in [0.1, 0.15) is 0 Å². The molecule has 0 saturated carbocycles. The molecule has 1 heterocycles. The molecule has 0 aliphatic carbocycles. The number of rotatable bonds is 7. The minimum absolute atomic E-state index is 0.108. The summed E-state index contributed by atoms with van der Waals surface area (Å²) in [5, 5.41) is 14.6. The summed E-state index contributed by atoms with van der Waals surface area (Å²) in [6.07, 6.45) is 0.469. The van der Waals surface area contributed by atoms with Crippen molar-refractivity contribution in [2.75, 3.05) is 43.0 Å². The number of carbonyl (C=O) groups excluding carboxylic acids is 2. The quantitative estimate of drug-likeness (QED) is 0.495. The van der Waals surface area contributed by atoms with Gasteiger partial charge < -0.3 is 19.9 Å². The minimum atomic E-state index is -0.580. The molecule has 3 rings (SSSR count). The van der Waals surface area contributed by atoms with E-state index in [0.717, 1.165) is 5.69 Å². The van der Waals surface area contributed by atoms with Gasteiger partial charge in [0.25, 0.3) is 5.91 Å². The first kappa shape index (κ1) is 23.3.